The second kappa shape index (κ2) is 10.7. The third-order valence-corrected chi connectivity index (χ3v) is 6.87. The maximum atomic E-state index is 13.3. The van der Waals surface area contributed by atoms with Gasteiger partial charge in [-0.15, -0.1) is 0 Å². The molecule has 1 saturated heterocycles. The Bertz CT molecular complexity index is 1360. The Hall–Kier alpha value is -3.19. The number of hydrogen-bond donors (Lipinski definition) is 2. The molecule has 198 valence electrons. The zero-order valence-electron chi connectivity index (χ0n) is 22.2. The maximum Gasteiger partial charge on any atom is 0.410 e. The van der Waals surface area contributed by atoms with Crippen molar-refractivity contribution in [3.63, 3.8) is 0 Å². The number of piperidine rings is 1. The van der Waals surface area contributed by atoms with Gasteiger partial charge in [0.25, 0.3) is 5.56 Å². The van der Waals surface area contributed by atoms with Crippen LogP contribution in [0.25, 0.3) is 22.0 Å². The molecule has 2 heterocycles. The van der Waals surface area contributed by atoms with Crippen LogP contribution in [0.5, 0.6) is 5.75 Å². The number of fused-ring (bicyclic) bond motifs is 1. The van der Waals surface area contributed by atoms with Crippen molar-refractivity contribution < 1.29 is 14.3 Å². The number of ether oxygens (including phenoxy) is 2. The summed E-state index contributed by atoms with van der Waals surface area (Å²) in [6, 6.07) is 9.40. The summed E-state index contributed by atoms with van der Waals surface area (Å²) in [6.07, 6.45) is 3.19. The van der Waals surface area contributed by atoms with Gasteiger partial charge in [-0.2, -0.15) is 0 Å². The number of aryl methyl sites for hydroxylation is 2. The molecule has 0 saturated carbocycles. The normalized spacial score (nSPS) is 16.2. The number of nitrogens with zero attached hydrogens (tertiary/aromatic N) is 1. The zero-order valence-corrected chi connectivity index (χ0v) is 23.0. The fraction of sp³-hybridized carbons (Fsp3) is 0.448. The van der Waals surface area contributed by atoms with Gasteiger partial charge in [0, 0.05) is 24.4 Å². The molecule has 0 radical (unpaired) electrons. The van der Waals surface area contributed by atoms with E-state index in [-0.39, 0.29) is 17.7 Å². The van der Waals surface area contributed by atoms with Crippen LogP contribution in [0.15, 0.2) is 35.1 Å². The number of carbonyl (C=O) groups excluding carboxylic acids is 1. The first-order valence-electron chi connectivity index (χ1n) is 12.8. The van der Waals surface area contributed by atoms with E-state index in [2.05, 4.69) is 11.1 Å². The average molecular weight is 526 g/mol. The van der Waals surface area contributed by atoms with Gasteiger partial charge >= 0.3 is 6.09 Å². The smallest absolute Gasteiger partial charge is 0.410 e. The Morgan fingerprint density at radius 1 is 1.14 bits per heavy atom. The number of aromatic amines is 1. The lowest BCUT2D eigenvalue weighted by Gasteiger charge is -2.36. The number of hydrogen-bond acceptors (Lipinski definition) is 5. The van der Waals surface area contributed by atoms with Crippen molar-refractivity contribution >= 4 is 34.3 Å². The summed E-state index contributed by atoms with van der Waals surface area (Å²) in [4.78, 5) is 30.9. The zero-order chi connectivity index (χ0) is 26.9. The Balaban J connectivity index is 1.68. The summed E-state index contributed by atoms with van der Waals surface area (Å²) < 4.78 is 12.0. The third kappa shape index (κ3) is 6.21. The molecule has 37 heavy (non-hydrogen) atoms. The largest absolute Gasteiger partial charge is 0.492 e. The SMILES string of the molecule is Cc1cc(C)cc(-c2c(OCC[C@@H]3CCCCN3C(=O)OC(C)(C)C)c3cc(N)c(Cl)cc3[nH]c2=O)c1. The monoisotopic (exact) mass is 525 g/mol. The Kier molecular flexibility index (Phi) is 7.74. The van der Waals surface area contributed by atoms with Crippen molar-refractivity contribution in [2.45, 2.75) is 71.9 Å². The number of halogens is 1. The van der Waals surface area contributed by atoms with Gasteiger partial charge in [-0.25, -0.2) is 4.79 Å². The number of nitrogen functional groups attached to an aromatic ring is 1. The molecule has 7 nitrogen and oxygen atoms in total. The second-order valence-electron chi connectivity index (χ2n) is 10.9. The molecule has 4 rings (SSSR count). The highest BCUT2D eigenvalue weighted by Crippen LogP contribution is 2.37. The van der Waals surface area contributed by atoms with Crippen molar-refractivity contribution in [3.05, 3.63) is 56.8 Å². The van der Waals surface area contributed by atoms with Gasteiger partial charge in [0.05, 0.1) is 28.4 Å². The Morgan fingerprint density at radius 2 is 1.84 bits per heavy atom. The predicted octanol–water partition coefficient (Wildman–Crippen LogP) is 6.61. The number of carbonyl (C=O) groups is 1. The number of rotatable bonds is 5. The highest BCUT2D eigenvalue weighted by molar-refractivity contribution is 6.34. The van der Waals surface area contributed by atoms with Gasteiger partial charge in [0.2, 0.25) is 0 Å². The number of benzene rings is 2. The fourth-order valence-corrected chi connectivity index (χ4v) is 5.16. The number of likely N-dealkylation sites (tertiary alicyclic amines) is 1. The quantitative estimate of drug-likeness (QED) is 0.365. The van der Waals surface area contributed by atoms with E-state index >= 15 is 0 Å². The molecule has 1 aliphatic rings. The first kappa shape index (κ1) is 26.9. The molecule has 0 unspecified atom stereocenters. The van der Waals surface area contributed by atoms with Gasteiger partial charge in [-0.3, -0.25) is 4.79 Å². The van der Waals surface area contributed by atoms with Crippen LogP contribution in [0.2, 0.25) is 5.02 Å². The standard InChI is InChI=1S/C29H36ClN3O4/c1-17-12-18(2)14-19(13-17)25-26(21-15-23(31)22(30)16-24(21)32-27(25)34)36-11-9-20-8-6-7-10-33(20)28(35)37-29(3,4)5/h12-16,20H,6-11,31H2,1-5H3,(H,32,34)/t20-/m0/s1. The van der Waals surface area contributed by atoms with Crippen LogP contribution in [-0.2, 0) is 4.74 Å². The lowest BCUT2D eigenvalue weighted by Crippen LogP contribution is -2.46. The van der Waals surface area contributed by atoms with Crippen LogP contribution < -0.4 is 16.0 Å². The number of anilines is 1. The summed E-state index contributed by atoms with van der Waals surface area (Å²) in [5.41, 5.74) is 9.61. The van der Waals surface area contributed by atoms with Crippen molar-refractivity contribution in [2.75, 3.05) is 18.9 Å². The number of nitrogens with one attached hydrogen (secondary N) is 1. The lowest BCUT2D eigenvalue weighted by molar-refractivity contribution is 0.00745. The summed E-state index contributed by atoms with van der Waals surface area (Å²) in [7, 11) is 0. The van der Waals surface area contributed by atoms with Crippen LogP contribution in [0.4, 0.5) is 10.5 Å². The third-order valence-electron chi connectivity index (χ3n) is 6.55. The molecule has 0 aliphatic carbocycles. The van der Waals surface area contributed by atoms with Crippen molar-refractivity contribution in [3.8, 4) is 16.9 Å². The minimum absolute atomic E-state index is 0.000962. The summed E-state index contributed by atoms with van der Waals surface area (Å²) in [5.74, 6) is 0.465. The van der Waals surface area contributed by atoms with Crippen molar-refractivity contribution in [1.29, 1.82) is 0 Å². The van der Waals surface area contributed by atoms with E-state index in [1.807, 2.05) is 51.7 Å². The minimum atomic E-state index is -0.554. The van der Waals surface area contributed by atoms with Crippen LogP contribution in [0, 0.1) is 13.8 Å². The first-order chi connectivity index (χ1) is 17.4. The van der Waals surface area contributed by atoms with Gasteiger partial charge in [0.15, 0.2) is 0 Å². The van der Waals surface area contributed by atoms with Gasteiger partial charge in [0.1, 0.15) is 11.4 Å². The molecule has 1 amide bonds. The molecule has 8 heteroatoms. The molecule has 3 aromatic rings. The Morgan fingerprint density at radius 3 is 2.51 bits per heavy atom. The minimum Gasteiger partial charge on any atom is -0.492 e. The highest BCUT2D eigenvalue weighted by atomic mass is 35.5. The van der Waals surface area contributed by atoms with Gasteiger partial charge in [-0.05, 0) is 71.6 Å². The molecule has 0 spiro atoms. The summed E-state index contributed by atoms with van der Waals surface area (Å²) >= 11 is 6.25. The lowest BCUT2D eigenvalue weighted by atomic mass is 9.98. The van der Waals surface area contributed by atoms with Crippen molar-refractivity contribution in [1.82, 2.24) is 9.88 Å². The van der Waals surface area contributed by atoms with E-state index in [0.717, 1.165) is 36.0 Å². The van der Waals surface area contributed by atoms with Crippen LogP contribution in [0.3, 0.4) is 0 Å². The topological polar surface area (TPSA) is 97.6 Å². The highest BCUT2D eigenvalue weighted by Gasteiger charge is 2.30. The number of pyridine rings is 1. The second-order valence-corrected chi connectivity index (χ2v) is 11.3. The van der Waals surface area contributed by atoms with Gasteiger partial charge < -0.3 is 25.1 Å². The molecule has 2 aromatic carbocycles. The van der Waals surface area contributed by atoms with E-state index in [9.17, 15) is 9.59 Å². The van der Waals surface area contributed by atoms with E-state index in [1.165, 1.54) is 0 Å². The van der Waals surface area contributed by atoms with Gasteiger partial charge in [-0.1, -0.05) is 40.9 Å². The van der Waals surface area contributed by atoms with Crippen molar-refractivity contribution in [2.24, 2.45) is 0 Å². The number of nitrogens with two attached hydrogens (primary N) is 1. The number of amides is 1. The van der Waals surface area contributed by atoms with Crippen LogP contribution in [0.1, 0.15) is 57.6 Å². The van der Waals surface area contributed by atoms with Crippen LogP contribution >= 0.6 is 11.6 Å². The molecule has 3 N–H and O–H groups in total. The maximum absolute atomic E-state index is 13.3. The first-order valence-corrected chi connectivity index (χ1v) is 13.2. The summed E-state index contributed by atoms with van der Waals surface area (Å²) in [6.45, 7) is 10.6. The fourth-order valence-electron chi connectivity index (χ4n) is 4.99. The summed E-state index contributed by atoms with van der Waals surface area (Å²) in [5, 5.41) is 1.05. The van der Waals surface area contributed by atoms with E-state index in [4.69, 9.17) is 26.8 Å². The molecular formula is C29H36ClN3O4. The van der Waals surface area contributed by atoms with E-state index < -0.39 is 5.60 Å². The average Bonchev–Trinajstić information content (AvgIpc) is 2.79. The number of H-pyrrole nitrogens is 1. The van der Waals surface area contributed by atoms with E-state index in [1.54, 1.807) is 12.1 Å². The number of aromatic nitrogens is 1. The van der Waals surface area contributed by atoms with Crippen LogP contribution in [-0.4, -0.2) is 40.8 Å². The molecule has 0 bridgehead atoms. The molecule has 1 atom stereocenters. The Labute approximate surface area is 222 Å². The molecule has 1 aromatic heterocycles. The molecular weight excluding hydrogens is 490 g/mol. The molecule has 1 fully saturated rings. The van der Waals surface area contributed by atoms with E-state index in [0.29, 0.717) is 52.5 Å². The predicted molar refractivity (Wildman–Crippen MR) is 150 cm³/mol. The molecule has 1 aliphatic heterocycles.